The van der Waals surface area contributed by atoms with E-state index in [1.165, 1.54) is 0 Å². The van der Waals surface area contributed by atoms with Crippen LogP contribution in [-0.4, -0.2) is 25.9 Å². The minimum absolute atomic E-state index is 0.0311. The van der Waals surface area contributed by atoms with Gasteiger partial charge in [-0.2, -0.15) is 0 Å². The van der Waals surface area contributed by atoms with Gasteiger partial charge in [-0.1, -0.05) is 44.2 Å². The smallest absolute Gasteiger partial charge is 0.185 e. The van der Waals surface area contributed by atoms with Gasteiger partial charge in [-0.3, -0.25) is 14.9 Å². The van der Waals surface area contributed by atoms with Crippen molar-refractivity contribution >= 4 is 27.6 Å². The van der Waals surface area contributed by atoms with Crippen molar-refractivity contribution in [1.29, 1.82) is 0 Å². The maximum absolute atomic E-state index is 12.7. The summed E-state index contributed by atoms with van der Waals surface area (Å²) in [6.07, 6.45) is 2.20. The van der Waals surface area contributed by atoms with Crippen LogP contribution in [-0.2, 0) is 6.42 Å². The van der Waals surface area contributed by atoms with E-state index in [0.29, 0.717) is 18.0 Å². The molecular weight excluding hydrogens is 372 g/mol. The van der Waals surface area contributed by atoms with Crippen LogP contribution in [0.5, 0.6) is 0 Å². The summed E-state index contributed by atoms with van der Waals surface area (Å²) < 4.78 is 0. The SMILES string of the molecule is CC(C)c1cc(-c2[nH][nH]c3cc4nc(C(=O)Cc5ccccc5)cc4cc23)ccn1. The molecule has 0 aliphatic heterocycles. The molecule has 3 aromatic heterocycles. The third kappa shape index (κ3) is 3.28. The van der Waals surface area contributed by atoms with Crippen molar-refractivity contribution in [3.63, 3.8) is 0 Å². The van der Waals surface area contributed by atoms with Crippen molar-refractivity contribution in [3.8, 4) is 11.3 Å². The summed E-state index contributed by atoms with van der Waals surface area (Å²) in [6.45, 7) is 4.27. The average Bonchev–Trinajstić information content (AvgIpc) is 3.36. The van der Waals surface area contributed by atoms with Crippen LogP contribution in [0.4, 0.5) is 0 Å². The number of benzene rings is 2. The number of carbonyl (C=O) groups excluding carboxylic acids is 1. The second-order valence-corrected chi connectivity index (χ2v) is 7.93. The normalized spacial score (nSPS) is 11.6. The monoisotopic (exact) mass is 394 g/mol. The quantitative estimate of drug-likeness (QED) is 0.378. The van der Waals surface area contributed by atoms with Gasteiger partial charge in [-0.05, 0) is 41.8 Å². The molecule has 0 fully saturated rings. The Kier molecular flexibility index (Phi) is 4.43. The van der Waals surface area contributed by atoms with Crippen molar-refractivity contribution < 1.29 is 4.79 Å². The highest BCUT2D eigenvalue weighted by Gasteiger charge is 2.15. The van der Waals surface area contributed by atoms with Gasteiger partial charge in [0.15, 0.2) is 5.78 Å². The summed E-state index contributed by atoms with van der Waals surface area (Å²) >= 11 is 0. The Balaban J connectivity index is 1.53. The average molecular weight is 394 g/mol. The van der Waals surface area contributed by atoms with E-state index in [1.807, 2.05) is 54.7 Å². The summed E-state index contributed by atoms with van der Waals surface area (Å²) in [5.41, 5.74) is 6.43. The number of nitrogens with one attached hydrogen (secondary N) is 2. The minimum atomic E-state index is 0.0311. The molecule has 5 aromatic rings. The molecular formula is C25H22N4O. The van der Waals surface area contributed by atoms with Crippen LogP contribution in [0, 0.1) is 0 Å². The van der Waals surface area contributed by atoms with Gasteiger partial charge >= 0.3 is 0 Å². The summed E-state index contributed by atoms with van der Waals surface area (Å²) in [5.74, 6) is 0.392. The lowest BCUT2D eigenvalue weighted by Gasteiger charge is -2.06. The number of H-pyrrole nitrogens is 2. The predicted octanol–water partition coefficient (Wildman–Crippen LogP) is 5.66. The Bertz CT molecular complexity index is 1360. The first-order valence-electron chi connectivity index (χ1n) is 10.1. The number of hydrogen-bond acceptors (Lipinski definition) is 3. The van der Waals surface area contributed by atoms with Crippen molar-refractivity contribution in [2.45, 2.75) is 26.2 Å². The van der Waals surface area contributed by atoms with E-state index < -0.39 is 0 Å². The van der Waals surface area contributed by atoms with Crippen molar-refractivity contribution in [3.05, 3.63) is 83.8 Å². The molecule has 2 N–H and O–H groups in total. The molecule has 5 rings (SSSR count). The molecule has 0 spiro atoms. The van der Waals surface area contributed by atoms with Crippen LogP contribution in [0.15, 0.2) is 66.9 Å². The van der Waals surface area contributed by atoms with Crippen LogP contribution in [0.2, 0.25) is 0 Å². The molecule has 0 saturated carbocycles. The number of ketones is 1. The van der Waals surface area contributed by atoms with Crippen LogP contribution in [0.3, 0.4) is 0 Å². The molecule has 3 heterocycles. The molecule has 0 radical (unpaired) electrons. The number of aromatic nitrogens is 4. The summed E-state index contributed by atoms with van der Waals surface area (Å²) in [4.78, 5) is 21.8. The number of fused-ring (bicyclic) bond motifs is 2. The Hall–Kier alpha value is -3.73. The Morgan fingerprint density at radius 3 is 2.63 bits per heavy atom. The van der Waals surface area contributed by atoms with Crippen LogP contribution in [0.1, 0.15) is 41.5 Å². The summed E-state index contributed by atoms with van der Waals surface area (Å²) in [7, 11) is 0. The van der Waals surface area contributed by atoms with Gasteiger partial charge in [-0.15, -0.1) is 0 Å². The Morgan fingerprint density at radius 2 is 1.83 bits per heavy atom. The van der Waals surface area contributed by atoms with Gasteiger partial charge < -0.3 is 5.10 Å². The highest BCUT2D eigenvalue weighted by atomic mass is 16.1. The number of rotatable bonds is 5. The second-order valence-electron chi connectivity index (χ2n) is 7.93. The lowest BCUT2D eigenvalue weighted by atomic mass is 10.0. The van der Waals surface area contributed by atoms with Crippen molar-refractivity contribution in [2.75, 3.05) is 0 Å². The minimum Gasteiger partial charge on any atom is -0.300 e. The molecule has 0 atom stereocenters. The first kappa shape index (κ1) is 18.3. The van der Waals surface area contributed by atoms with E-state index in [2.05, 4.69) is 46.1 Å². The van der Waals surface area contributed by atoms with Crippen LogP contribution < -0.4 is 0 Å². The van der Waals surface area contributed by atoms with Gasteiger partial charge in [0.1, 0.15) is 5.69 Å². The van der Waals surface area contributed by atoms with E-state index in [0.717, 1.165) is 44.3 Å². The van der Waals surface area contributed by atoms with Gasteiger partial charge in [-0.25, -0.2) is 4.98 Å². The largest absolute Gasteiger partial charge is 0.300 e. The fourth-order valence-electron chi connectivity index (χ4n) is 3.80. The maximum atomic E-state index is 12.7. The summed E-state index contributed by atoms with van der Waals surface area (Å²) in [5, 5.41) is 8.55. The number of Topliss-reactive ketones (excluding diaryl/α,β-unsaturated/α-hetero) is 1. The van der Waals surface area contributed by atoms with Crippen LogP contribution in [0.25, 0.3) is 33.1 Å². The van der Waals surface area contributed by atoms with E-state index in [4.69, 9.17) is 0 Å². The molecule has 148 valence electrons. The third-order valence-electron chi connectivity index (χ3n) is 5.45. The highest BCUT2D eigenvalue weighted by molar-refractivity contribution is 6.05. The molecule has 5 nitrogen and oxygen atoms in total. The highest BCUT2D eigenvalue weighted by Crippen LogP contribution is 2.31. The topological polar surface area (TPSA) is 74.4 Å². The number of pyridine rings is 1. The fourth-order valence-corrected chi connectivity index (χ4v) is 3.80. The molecule has 0 saturated heterocycles. The van der Waals surface area contributed by atoms with Gasteiger partial charge in [0.05, 0.1) is 16.7 Å². The maximum Gasteiger partial charge on any atom is 0.185 e. The number of carbonyl (C=O) groups is 1. The second kappa shape index (κ2) is 7.26. The Morgan fingerprint density at radius 1 is 1.00 bits per heavy atom. The summed E-state index contributed by atoms with van der Waals surface area (Å²) in [6, 6.07) is 19.9. The predicted molar refractivity (Wildman–Crippen MR) is 120 cm³/mol. The first-order chi connectivity index (χ1) is 14.6. The lowest BCUT2D eigenvalue weighted by Crippen LogP contribution is -2.03. The van der Waals surface area contributed by atoms with Crippen molar-refractivity contribution in [1.82, 2.24) is 20.2 Å². The number of hydrogen-bond donors (Lipinski definition) is 2. The standard InChI is InChI=1S/C25H22N4O/c1-15(2)20-12-17(8-9-26-20)25-19-11-18-13-23(27-21(18)14-22(19)28-29-25)24(30)10-16-6-4-3-5-7-16/h3-9,11-15,28-29H,10H2,1-2H3. The molecule has 0 bridgehead atoms. The van der Waals surface area contributed by atoms with E-state index in [9.17, 15) is 4.79 Å². The van der Waals surface area contributed by atoms with Gasteiger partial charge in [0.2, 0.25) is 0 Å². The first-order valence-corrected chi connectivity index (χ1v) is 10.1. The number of nitrogens with zero attached hydrogens (tertiary/aromatic N) is 2. The van der Waals surface area contributed by atoms with E-state index in [1.54, 1.807) is 0 Å². The van der Waals surface area contributed by atoms with Gasteiger partial charge in [0, 0.05) is 34.6 Å². The van der Waals surface area contributed by atoms with Crippen molar-refractivity contribution in [2.24, 2.45) is 0 Å². The zero-order valence-corrected chi connectivity index (χ0v) is 16.9. The Labute approximate surface area is 174 Å². The molecule has 0 aliphatic rings. The van der Waals surface area contributed by atoms with E-state index >= 15 is 0 Å². The molecule has 0 unspecified atom stereocenters. The third-order valence-corrected chi connectivity index (χ3v) is 5.45. The van der Waals surface area contributed by atoms with E-state index in [-0.39, 0.29) is 5.78 Å². The fraction of sp³-hybridized carbons (Fsp3) is 0.160. The molecule has 30 heavy (non-hydrogen) atoms. The molecule has 2 aromatic carbocycles. The molecule has 0 amide bonds. The molecule has 0 aliphatic carbocycles. The lowest BCUT2D eigenvalue weighted by molar-refractivity contribution is 0.0989. The van der Waals surface area contributed by atoms with Gasteiger partial charge in [0.25, 0.3) is 0 Å². The zero-order chi connectivity index (χ0) is 20.7. The number of aromatic amines is 2. The zero-order valence-electron chi connectivity index (χ0n) is 16.9. The molecule has 5 heteroatoms. The van der Waals surface area contributed by atoms with Crippen LogP contribution >= 0.6 is 0 Å².